The van der Waals surface area contributed by atoms with Crippen molar-refractivity contribution in [1.82, 2.24) is 0 Å². The van der Waals surface area contributed by atoms with E-state index >= 15 is 0 Å². The molecule has 0 bridgehead atoms. The zero-order chi connectivity index (χ0) is 18.5. The van der Waals surface area contributed by atoms with Crippen LogP contribution in [0, 0.1) is 11.8 Å². The van der Waals surface area contributed by atoms with Gasteiger partial charge in [-0.2, -0.15) is 0 Å². The van der Waals surface area contributed by atoms with Gasteiger partial charge in [-0.3, -0.25) is 4.79 Å². The summed E-state index contributed by atoms with van der Waals surface area (Å²) in [6.07, 6.45) is 4.30. The highest BCUT2D eigenvalue weighted by molar-refractivity contribution is 6.30. The van der Waals surface area contributed by atoms with Crippen molar-refractivity contribution < 1.29 is 19.4 Å². The van der Waals surface area contributed by atoms with Crippen molar-refractivity contribution >= 4 is 29.2 Å². The van der Waals surface area contributed by atoms with E-state index in [0.29, 0.717) is 35.1 Å². The van der Waals surface area contributed by atoms with Gasteiger partial charge in [-0.15, -0.1) is 0 Å². The predicted octanol–water partition coefficient (Wildman–Crippen LogP) is 3.40. The first-order chi connectivity index (χ1) is 12.5. The van der Waals surface area contributed by atoms with Crippen LogP contribution in [0.25, 0.3) is 0 Å². The zero-order valence-corrected chi connectivity index (χ0v) is 14.6. The number of nitrogens with one attached hydrogen (secondary N) is 1. The lowest BCUT2D eigenvalue weighted by Crippen LogP contribution is -2.41. The van der Waals surface area contributed by atoms with Crippen LogP contribution in [0.5, 0.6) is 11.5 Å². The fourth-order valence-electron chi connectivity index (χ4n) is 2.84. The molecule has 0 saturated carbocycles. The molecule has 0 saturated heterocycles. The molecule has 134 valence electrons. The lowest BCUT2D eigenvalue weighted by atomic mass is 9.82. The van der Waals surface area contributed by atoms with Gasteiger partial charge in [0.2, 0.25) is 5.91 Å². The summed E-state index contributed by atoms with van der Waals surface area (Å²) in [7, 11) is 0. The maximum atomic E-state index is 12.4. The minimum Gasteiger partial charge on any atom is -0.550 e. The Morgan fingerprint density at radius 3 is 2.04 bits per heavy atom. The summed E-state index contributed by atoms with van der Waals surface area (Å²) < 4.78 is 5.69. The Morgan fingerprint density at radius 1 is 0.923 bits per heavy atom. The zero-order valence-electron chi connectivity index (χ0n) is 13.9. The molecule has 1 aliphatic rings. The van der Waals surface area contributed by atoms with Crippen LogP contribution in [-0.2, 0) is 9.59 Å². The second-order valence-corrected chi connectivity index (χ2v) is 6.48. The molecule has 2 aromatic carbocycles. The normalized spacial score (nSPS) is 19.0. The van der Waals surface area contributed by atoms with E-state index in [4.69, 9.17) is 16.3 Å². The summed E-state index contributed by atoms with van der Waals surface area (Å²) in [5.41, 5.74) is 0.574. The van der Waals surface area contributed by atoms with E-state index in [-0.39, 0.29) is 5.91 Å². The molecule has 0 aliphatic heterocycles. The number of amides is 1. The Kier molecular flexibility index (Phi) is 5.58. The highest BCUT2D eigenvalue weighted by atomic mass is 35.5. The van der Waals surface area contributed by atoms with E-state index in [1.807, 2.05) is 6.08 Å². The molecule has 0 spiro atoms. The molecule has 0 unspecified atom stereocenters. The van der Waals surface area contributed by atoms with E-state index < -0.39 is 17.8 Å². The molecule has 3 rings (SSSR count). The van der Waals surface area contributed by atoms with E-state index in [1.165, 1.54) is 0 Å². The number of carbonyl (C=O) groups is 2. The lowest BCUT2D eigenvalue weighted by Gasteiger charge is -2.28. The third-order valence-corrected chi connectivity index (χ3v) is 4.50. The van der Waals surface area contributed by atoms with Gasteiger partial charge in [0.05, 0.1) is 5.92 Å². The van der Waals surface area contributed by atoms with Crippen LogP contribution in [0.2, 0.25) is 5.02 Å². The van der Waals surface area contributed by atoms with E-state index in [0.717, 1.165) is 0 Å². The Balaban J connectivity index is 1.63. The topological polar surface area (TPSA) is 78.5 Å². The van der Waals surface area contributed by atoms with Crippen molar-refractivity contribution in [2.24, 2.45) is 11.8 Å². The molecule has 0 radical (unpaired) electrons. The van der Waals surface area contributed by atoms with Crippen LogP contribution in [0.3, 0.4) is 0 Å². The van der Waals surface area contributed by atoms with E-state index in [2.05, 4.69) is 5.32 Å². The Labute approximate surface area is 156 Å². The minimum atomic E-state index is -1.19. The number of allylic oxidation sites excluding steroid dienone is 2. The van der Waals surface area contributed by atoms with Crippen LogP contribution in [0.15, 0.2) is 60.7 Å². The number of rotatable bonds is 5. The number of aliphatic carboxylic acids is 1. The molecule has 0 aromatic heterocycles. The Bertz CT molecular complexity index is 815. The molecule has 2 aromatic rings. The van der Waals surface area contributed by atoms with Crippen LogP contribution in [-0.4, -0.2) is 11.9 Å². The first kappa shape index (κ1) is 18.0. The SMILES string of the molecule is O=C(Nc1ccc(Oc2ccc(Cl)cc2)cc1)[C@H]1CC=CC[C@H]1C(=O)[O-]. The number of hydrogen-bond acceptors (Lipinski definition) is 4. The molecule has 2 atom stereocenters. The van der Waals surface area contributed by atoms with Gasteiger partial charge in [-0.25, -0.2) is 0 Å². The Morgan fingerprint density at radius 2 is 1.46 bits per heavy atom. The summed E-state index contributed by atoms with van der Waals surface area (Å²) in [6, 6.07) is 13.8. The molecule has 26 heavy (non-hydrogen) atoms. The summed E-state index contributed by atoms with van der Waals surface area (Å²) in [6.45, 7) is 0. The monoisotopic (exact) mass is 370 g/mol. The highest BCUT2D eigenvalue weighted by Crippen LogP contribution is 2.28. The summed E-state index contributed by atoms with van der Waals surface area (Å²) in [4.78, 5) is 23.6. The fourth-order valence-corrected chi connectivity index (χ4v) is 2.97. The van der Waals surface area contributed by atoms with Crippen LogP contribution in [0.4, 0.5) is 5.69 Å². The van der Waals surface area contributed by atoms with Gasteiger partial charge >= 0.3 is 0 Å². The summed E-state index contributed by atoms with van der Waals surface area (Å²) in [5, 5.41) is 14.6. The maximum Gasteiger partial charge on any atom is 0.228 e. The molecule has 6 heteroatoms. The average molecular weight is 371 g/mol. The molecule has 1 N–H and O–H groups in total. The molecular formula is C20H17ClNO4-. The predicted molar refractivity (Wildman–Crippen MR) is 97.0 cm³/mol. The van der Waals surface area contributed by atoms with Crippen LogP contribution >= 0.6 is 11.6 Å². The van der Waals surface area contributed by atoms with E-state index in [9.17, 15) is 14.7 Å². The second-order valence-electron chi connectivity index (χ2n) is 6.04. The molecular weight excluding hydrogens is 354 g/mol. The van der Waals surface area contributed by atoms with Crippen LogP contribution < -0.4 is 15.2 Å². The Hall–Kier alpha value is -2.79. The number of anilines is 1. The van der Waals surface area contributed by atoms with Gasteiger partial charge in [0.1, 0.15) is 11.5 Å². The van der Waals surface area contributed by atoms with Gasteiger partial charge in [-0.05, 0) is 61.4 Å². The third-order valence-electron chi connectivity index (χ3n) is 4.24. The van der Waals surface area contributed by atoms with E-state index in [1.54, 1.807) is 54.6 Å². The van der Waals surface area contributed by atoms with Crippen molar-refractivity contribution in [3.05, 3.63) is 65.7 Å². The largest absolute Gasteiger partial charge is 0.550 e. The van der Waals surface area contributed by atoms with Gasteiger partial charge in [0, 0.05) is 22.6 Å². The molecule has 1 amide bonds. The van der Waals surface area contributed by atoms with Gasteiger partial charge < -0.3 is 20.0 Å². The third kappa shape index (κ3) is 4.43. The summed E-state index contributed by atoms with van der Waals surface area (Å²) >= 11 is 5.84. The quantitative estimate of drug-likeness (QED) is 0.818. The second kappa shape index (κ2) is 8.06. The van der Waals surface area contributed by atoms with Gasteiger partial charge in [-0.1, -0.05) is 23.8 Å². The first-order valence-electron chi connectivity index (χ1n) is 8.23. The van der Waals surface area contributed by atoms with Crippen molar-refractivity contribution in [2.45, 2.75) is 12.8 Å². The van der Waals surface area contributed by atoms with Crippen LogP contribution in [0.1, 0.15) is 12.8 Å². The van der Waals surface area contributed by atoms with Crippen molar-refractivity contribution in [3.63, 3.8) is 0 Å². The van der Waals surface area contributed by atoms with Gasteiger partial charge in [0.25, 0.3) is 0 Å². The number of ether oxygens (including phenoxy) is 1. The van der Waals surface area contributed by atoms with Crippen molar-refractivity contribution in [3.8, 4) is 11.5 Å². The molecule has 5 nitrogen and oxygen atoms in total. The minimum absolute atomic E-state index is 0.314. The number of benzene rings is 2. The smallest absolute Gasteiger partial charge is 0.228 e. The van der Waals surface area contributed by atoms with Crippen molar-refractivity contribution in [1.29, 1.82) is 0 Å². The number of carbonyl (C=O) groups excluding carboxylic acids is 2. The highest BCUT2D eigenvalue weighted by Gasteiger charge is 2.29. The number of carboxylic acid groups (broad SMARTS) is 1. The maximum absolute atomic E-state index is 12.4. The summed E-state index contributed by atoms with van der Waals surface area (Å²) in [5.74, 6) is -1.69. The lowest BCUT2D eigenvalue weighted by molar-refractivity contribution is -0.313. The number of halogens is 1. The van der Waals surface area contributed by atoms with Gasteiger partial charge in [0.15, 0.2) is 0 Å². The van der Waals surface area contributed by atoms with Crippen molar-refractivity contribution in [2.75, 3.05) is 5.32 Å². The molecule has 0 fully saturated rings. The first-order valence-corrected chi connectivity index (χ1v) is 8.61. The molecule has 1 aliphatic carbocycles. The standard InChI is InChI=1S/C20H18ClNO4/c21-13-5-9-15(10-6-13)26-16-11-7-14(8-12-16)22-19(23)17-3-1-2-4-18(17)20(24)25/h1-2,5-12,17-18H,3-4H2,(H,22,23)(H,24,25)/p-1/t17-,18+/m0/s1. The number of carboxylic acids is 1. The fraction of sp³-hybridized carbons (Fsp3) is 0.200. The average Bonchev–Trinajstić information content (AvgIpc) is 2.65. The molecule has 0 heterocycles. The number of hydrogen-bond donors (Lipinski definition) is 1.